The summed E-state index contributed by atoms with van der Waals surface area (Å²) >= 11 is 3.60. The molecule has 0 amide bonds. The number of hydrogen-bond donors (Lipinski definition) is 0. The van der Waals surface area contributed by atoms with Crippen molar-refractivity contribution in [1.82, 2.24) is 0 Å². The van der Waals surface area contributed by atoms with E-state index in [-0.39, 0.29) is 12.4 Å². The van der Waals surface area contributed by atoms with Crippen LogP contribution in [0.15, 0.2) is 0 Å². The predicted octanol–water partition coefficient (Wildman–Crippen LogP) is 3.55. The Hall–Kier alpha value is 0.730. The average Bonchev–Trinajstić information content (AvgIpc) is 2.50. The molecule has 0 saturated heterocycles. The Bertz CT molecular complexity index is 202. The van der Waals surface area contributed by atoms with Gasteiger partial charge in [0.2, 0.25) is 0 Å². The first kappa shape index (κ1) is 25.0. The second kappa shape index (κ2) is 18.1. The second-order valence-electron chi connectivity index (χ2n) is 6.75. The highest BCUT2D eigenvalue weighted by Gasteiger charge is 2.25. The van der Waals surface area contributed by atoms with Crippen LogP contribution in [0.5, 0.6) is 0 Å². The van der Waals surface area contributed by atoms with Crippen LogP contribution in [-0.4, -0.2) is 36.0 Å². The fraction of sp³-hybridized carbons (Fsp3) is 1.00. The van der Waals surface area contributed by atoms with Crippen molar-refractivity contribution < 1.29 is 16.9 Å². The predicted molar refractivity (Wildman–Crippen MR) is 101 cm³/mol. The molecular formula is C19H41BrClN. The van der Waals surface area contributed by atoms with Crippen LogP contribution in [0.3, 0.4) is 0 Å². The monoisotopic (exact) mass is 397 g/mol. The highest BCUT2D eigenvalue weighted by molar-refractivity contribution is 9.09. The summed E-state index contributed by atoms with van der Waals surface area (Å²) in [5, 5.41) is 1.17. The van der Waals surface area contributed by atoms with Crippen LogP contribution in [0, 0.1) is 0 Å². The Labute approximate surface area is 155 Å². The Kier molecular flexibility index (Phi) is 20.5. The van der Waals surface area contributed by atoms with Crippen LogP contribution < -0.4 is 12.4 Å². The molecule has 0 fully saturated rings. The van der Waals surface area contributed by atoms with E-state index in [1.807, 2.05) is 0 Å². The summed E-state index contributed by atoms with van der Waals surface area (Å²) in [4.78, 5) is 0. The summed E-state index contributed by atoms with van der Waals surface area (Å²) in [6.45, 7) is 12.7. The van der Waals surface area contributed by atoms with E-state index in [4.69, 9.17) is 0 Å². The van der Waals surface area contributed by atoms with Gasteiger partial charge in [0.05, 0.1) is 26.2 Å². The van der Waals surface area contributed by atoms with Crippen LogP contribution >= 0.6 is 15.9 Å². The lowest BCUT2D eigenvalue weighted by Gasteiger charge is -2.39. The van der Waals surface area contributed by atoms with E-state index < -0.39 is 0 Å². The molecule has 1 nitrogen and oxygen atoms in total. The van der Waals surface area contributed by atoms with E-state index in [1.54, 1.807) is 0 Å². The quantitative estimate of drug-likeness (QED) is 0.212. The zero-order valence-corrected chi connectivity index (χ0v) is 17.9. The largest absolute Gasteiger partial charge is 1.00 e. The van der Waals surface area contributed by atoms with Gasteiger partial charge in [-0.15, -0.1) is 0 Å². The first-order valence-electron chi connectivity index (χ1n) is 9.65. The molecule has 0 aromatic carbocycles. The molecule has 0 bridgehead atoms. The van der Waals surface area contributed by atoms with Gasteiger partial charge in [-0.25, -0.2) is 0 Å². The van der Waals surface area contributed by atoms with E-state index in [9.17, 15) is 0 Å². The van der Waals surface area contributed by atoms with Crippen molar-refractivity contribution in [3.8, 4) is 0 Å². The number of quaternary nitrogens is 1. The SMILES string of the molecule is CCCCCC[N+](CCCC)(CCCCC)CCCCBr.[Cl-]. The maximum Gasteiger partial charge on any atom is 0.0786 e. The van der Waals surface area contributed by atoms with Gasteiger partial charge in [-0.1, -0.05) is 62.4 Å². The van der Waals surface area contributed by atoms with Gasteiger partial charge < -0.3 is 16.9 Å². The molecule has 0 spiro atoms. The molecule has 0 N–H and O–H groups in total. The number of hydrogen-bond acceptors (Lipinski definition) is 0. The zero-order valence-electron chi connectivity index (χ0n) is 15.5. The second-order valence-corrected chi connectivity index (χ2v) is 7.55. The molecule has 0 saturated carbocycles. The van der Waals surface area contributed by atoms with Crippen LogP contribution in [0.4, 0.5) is 0 Å². The first-order valence-corrected chi connectivity index (χ1v) is 10.8. The van der Waals surface area contributed by atoms with Crippen molar-refractivity contribution in [1.29, 1.82) is 0 Å². The van der Waals surface area contributed by atoms with Gasteiger partial charge in [0.1, 0.15) is 0 Å². The highest BCUT2D eigenvalue weighted by atomic mass is 79.9. The molecule has 1 atom stereocenters. The number of alkyl halides is 1. The van der Waals surface area contributed by atoms with Gasteiger partial charge in [0, 0.05) is 5.33 Å². The van der Waals surface area contributed by atoms with Crippen molar-refractivity contribution >= 4 is 15.9 Å². The zero-order chi connectivity index (χ0) is 15.8. The molecule has 0 heterocycles. The summed E-state index contributed by atoms with van der Waals surface area (Å²) in [7, 11) is 0. The minimum atomic E-state index is 0. The minimum absolute atomic E-state index is 0. The Morgan fingerprint density at radius 2 is 0.955 bits per heavy atom. The number of nitrogens with zero attached hydrogens (tertiary/aromatic N) is 1. The number of rotatable bonds is 16. The van der Waals surface area contributed by atoms with Crippen LogP contribution in [0.2, 0.25) is 0 Å². The van der Waals surface area contributed by atoms with Gasteiger partial charge in [-0.2, -0.15) is 0 Å². The van der Waals surface area contributed by atoms with Crippen molar-refractivity contribution in [3.05, 3.63) is 0 Å². The minimum Gasteiger partial charge on any atom is -1.00 e. The lowest BCUT2D eigenvalue weighted by Crippen LogP contribution is -3.00. The van der Waals surface area contributed by atoms with Crippen molar-refractivity contribution in [3.63, 3.8) is 0 Å². The van der Waals surface area contributed by atoms with Gasteiger partial charge in [0.15, 0.2) is 0 Å². The third kappa shape index (κ3) is 13.2. The fourth-order valence-electron chi connectivity index (χ4n) is 3.28. The summed E-state index contributed by atoms with van der Waals surface area (Å²) in [6, 6.07) is 0. The molecule has 0 aromatic heterocycles. The molecule has 136 valence electrons. The lowest BCUT2D eigenvalue weighted by atomic mass is 10.1. The van der Waals surface area contributed by atoms with Crippen LogP contribution in [0.25, 0.3) is 0 Å². The summed E-state index contributed by atoms with van der Waals surface area (Å²) in [5.74, 6) is 0. The Balaban J connectivity index is 0. The maximum absolute atomic E-state index is 3.60. The van der Waals surface area contributed by atoms with Gasteiger partial charge in [0.25, 0.3) is 0 Å². The van der Waals surface area contributed by atoms with Crippen molar-refractivity contribution in [2.75, 3.05) is 31.5 Å². The molecule has 22 heavy (non-hydrogen) atoms. The van der Waals surface area contributed by atoms with Crippen LogP contribution in [-0.2, 0) is 0 Å². The summed E-state index contributed by atoms with van der Waals surface area (Å²) in [6.07, 6.45) is 15.4. The standard InChI is InChI=1S/C19H41BrN.ClH/c1-4-7-10-13-18-21(16-9-6-3,17-12-8-5-2)19-14-11-15-20;/h4-19H2,1-3H3;1H/q+1;/p-1. The topological polar surface area (TPSA) is 0 Å². The highest BCUT2D eigenvalue weighted by Crippen LogP contribution is 2.18. The third-order valence-electron chi connectivity index (χ3n) is 4.72. The van der Waals surface area contributed by atoms with E-state index in [2.05, 4.69) is 36.7 Å². The fourth-order valence-corrected chi connectivity index (χ4v) is 3.67. The Morgan fingerprint density at radius 3 is 1.45 bits per heavy atom. The average molecular weight is 399 g/mol. The van der Waals surface area contributed by atoms with Crippen molar-refractivity contribution in [2.45, 2.75) is 91.4 Å². The molecule has 0 aromatic rings. The molecule has 0 aliphatic heterocycles. The van der Waals surface area contributed by atoms with Crippen molar-refractivity contribution in [2.24, 2.45) is 0 Å². The smallest absolute Gasteiger partial charge is 0.0786 e. The van der Waals surface area contributed by atoms with E-state index in [0.717, 1.165) is 0 Å². The van der Waals surface area contributed by atoms with Crippen LogP contribution in [0.1, 0.15) is 91.4 Å². The van der Waals surface area contributed by atoms with E-state index in [1.165, 1.54) is 107 Å². The number of halogens is 2. The lowest BCUT2D eigenvalue weighted by molar-refractivity contribution is -0.929. The summed E-state index contributed by atoms with van der Waals surface area (Å²) < 4.78 is 1.42. The van der Waals surface area contributed by atoms with Gasteiger partial charge in [-0.05, 0) is 44.9 Å². The van der Waals surface area contributed by atoms with Gasteiger partial charge >= 0.3 is 0 Å². The first-order chi connectivity index (χ1) is 10.2. The normalized spacial score (nSPS) is 13.6. The summed E-state index contributed by atoms with van der Waals surface area (Å²) in [5.41, 5.74) is 0. The number of unbranched alkanes of at least 4 members (excludes halogenated alkanes) is 7. The molecule has 0 radical (unpaired) electrons. The van der Waals surface area contributed by atoms with E-state index >= 15 is 0 Å². The molecule has 3 heteroatoms. The molecular weight excluding hydrogens is 358 g/mol. The third-order valence-corrected chi connectivity index (χ3v) is 5.28. The maximum atomic E-state index is 3.60. The Morgan fingerprint density at radius 1 is 0.545 bits per heavy atom. The van der Waals surface area contributed by atoms with Gasteiger partial charge in [-0.3, -0.25) is 0 Å². The molecule has 0 aliphatic carbocycles. The van der Waals surface area contributed by atoms with E-state index in [0.29, 0.717) is 0 Å². The molecule has 0 rings (SSSR count). The molecule has 0 aliphatic rings. The molecule has 1 unspecified atom stereocenters.